The molecule has 0 atom stereocenters. The second kappa shape index (κ2) is 25.7. The zero-order valence-electron chi connectivity index (χ0n) is 62.1. The van der Waals surface area contributed by atoms with Gasteiger partial charge in [-0.25, -0.2) is 13.7 Å². The van der Waals surface area contributed by atoms with E-state index in [9.17, 15) is 0 Å². The summed E-state index contributed by atoms with van der Waals surface area (Å²) in [5.74, 6) is -1.81. The van der Waals surface area contributed by atoms with Gasteiger partial charge in [-0.1, -0.05) is 178 Å². The van der Waals surface area contributed by atoms with E-state index >= 15 is 0 Å². The molecule has 0 amide bonds. The van der Waals surface area contributed by atoms with Crippen LogP contribution in [0.25, 0.3) is 67.2 Å². The third-order valence-corrected chi connectivity index (χ3v) is 15.1. The molecule has 0 bridgehead atoms. The van der Waals surface area contributed by atoms with Gasteiger partial charge in [0.1, 0.15) is 21.1 Å². The van der Waals surface area contributed by atoms with Gasteiger partial charge in [0.2, 0.25) is 17.1 Å². The van der Waals surface area contributed by atoms with Crippen LogP contribution in [-0.4, -0.2) is 0 Å². The summed E-state index contributed by atoms with van der Waals surface area (Å²) in [7, 11) is 5.88. The monoisotopic (exact) mass is 1060 g/mol. The van der Waals surface area contributed by atoms with Gasteiger partial charge in [-0.3, -0.25) is 0 Å². The molecule has 3 heteroatoms. The summed E-state index contributed by atoms with van der Waals surface area (Å²) < 4.78 is 104. The number of aromatic nitrogens is 3. The maximum Gasteiger partial charge on any atom is 0.212 e. The van der Waals surface area contributed by atoms with Crippen molar-refractivity contribution in [1.29, 1.82) is 0 Å². The summed E-state index contributed by atoms with van der Waals surface area (Å²) in [6, 6.07) is 47.7. The van der Waals surface area contributed by atoms with Gasteiger partial charge in [0.15, 0.2) is 18.6 Å². The summed E-state index contributed by atoms with van der Waals surface area (Å²) in [6.07, 6.45) is 5.83. The highest BCUT2D eigenvalue weighted by atomic mass is 14.9. The molecule has 0 aliphatic heterocycles. The number of hydrogen-bond acceptors (Lipinski definition) is 0. The van der Waals surface area contributed by atoms with E-state index in [1.165, 1.54) is 44.6 Å². The largest absolute Gasteiger partial charge is 0.212 e. The van der Waals surface area contributed by atoms with Crippen LogP contribution in [0.1, 0.15) is 182 Å². The standard InChI is InChI=1S/2C26H32N.C24H28N/c2*1-17(2)22-15-26(27(7)16-25(22)18(3)4)24-14-23(19(5)13-20(24)6)21-11-9-8-10-12-21;1-16(2)21-14-24(25(6)15-19(21)5)23-13-22(17(3)12-18(23)4)20-10-8-7-9-11-20/h2*8-18H,1-7H3;7-16H,1-6H3/q3*+1/i5D3,17D,18D;;3D3,5D3,16D. The summed E-state index contributed by atoms with van der Waals surface area (Å²) in [5, 5.41) is 0. The molecule has 0 unspecified atom stereocenters. The Morgan fingerprint density at radius 1 is 0.304 bits per heavy atom. The summed E-state index contributed by atoms with van der Waals surface area (Å²) in [5.41, 5.74) is 21.4. The predicted molar refractivity (Wildman–Crippen MR) is 339 cm³/mol. The first kappa shape index (κ1) is 44.6. The Balaban J connectivity index is 0.000000195. The number of pyridine rings is 3. The molecule has 0 fully saturated rings. The molecule has 0 aliphatic carbocycles. The Hall–Kier alpha value is -7.23. The third-order valence-electron chi connectivity index (χ3n) is 15.1. The molecule has 0 saturated carbocycles. The molecule has 3 nitrogen and oxygen atoms in total. The predicted octanol–water partition coefficient (Wildman–Crippen LogP) is 19.3. The van der Waals surface area contributed by atoms with Gasteiger partial charge in [-0.2, -0.15) is 0 Å². The summed E-state index contributed by atoms with van der Waals surface area (Å²) in [4.78, 5) is 0. The van der Waals surface area contributed by atoms with E-state index in [0.717, 1.165) is 55.9 Å². The molecule has 0 aliphatic rings. The van der Waals surface area contributed by atoms with E-state index < -0.39 is 38.2 Å². The lowest BCUT2D eigenvalue weighted by atomic mass is 9.88. The smallest absolute Gasteiger partial charge is 0.201 e. The second-order valence-corrected chi connectivity index (χ2v) is 22.7. The van der Waals surface area contributed by atoms with Crippen molar-refractivity contribution < 1.29 is 30.2 Å². The van der Waals surface area contributed by atoms with Crippen molar-refractivity contribution >= 4 is 0 Å². The lowest BCUT2D eigenvalue weighted by Gasteiger charge is -2.17. The van der Waals surface area contributed by atoms with Crippen molar-refractivity contribution in [2.75, 3.05) is 0 Å². The van der Waals surface area contributed by atoms with Crippen LogP contribution >= 0.6 is 0 Å². The van der Waals surface area contributed by atoms with Crippen LogP contribution in [0.4, 0.5) is 0 Å². The maximum absolute atomic E-state index is 8.70. The van der Waals surface area contributed by atoms with Gasteiger partial charge >= 0.3 is 0 Å². The highest BCUT2D eigenvalue weighted by molar-refractivity contribution is 5.78. The highest BCUT2D eigenvalue weighted by Crippen LogP contribution is 2.37. The number of aryl methyl sites for hydroxylation is 10. The first-order chi connectivity index (χ1) is 42.0. The molecule has 0 saturated heterocycles. The van der Waals surface area contributed by atoms with Crippen LogP contribution in [0.15, 0.2) is 164 Å². The molecule has 0 radical (unpaired) electrons. The van der Waals surface area contributed by atoms with Crippen molar-refractivity contribution in [2.45, 2.75) is 147 Å². The summed E-state index contributed by atoms with van der Waals surface area (Å²) in [6.45, 7) is 21.2. The quantitative estimate of drug-likeness (QED) is 0.114. The van der Waals surface area contributed by atoms with Gasteiger partial charge in [-0.15, -0.1) is 0 Å². The Bertz CT molecular complexity index is 3880. The minimum atomic E-state index is -2.35. The zero-order valence-corrected chi connectivity index (χ0v) is 50.1. The molecule has 0 spiro atoms. The molecular formula is C76H92N3+3. The van der Waals surface area contributed by atoms with E-state index in [0.29, 0.717) is 34.1 Å². The van der Waals surface area contributed by atoms with Crippen LogP contribution in [0.5, 0.6) is 0 Å². The molecular weight excluding hydrogens is 955 g/mol. The first-order valence-corrected chi connectivity index (χ1v) is 27.7. The van der Waals surface area contributed by atoms with Crippen LogP contribution in [0, 0.1) is 48.3 Å². The highest BCUT2D eigenvalue weighted by Gasteiger charge is 2.24. The minimum absolute atomic E-state index is 0.142. The molecule has 408 valence electrons. The van der Waals surface area contributed by atoms with Crippen molar-refractivity contribution in [3.05, 3.63) is 231 Å². The van der Waals surface area contributed by atoms with Crippen molar-refractivity contribution in [1.82, 2.24) is 0 Å². The fourth-order valence-electron chi connectivity index (χ4n) is 10.7. The lowest BCUT2D eigenvalue weighted by molar-refractivity contribution is -0.661. The SMILES string of the molecule is Cc1cc(C)c(-c2cc(C(C)C)c(C(C)C)c[n+]2C)cc1-c1ccccc1.[2H]C([2H])([2H])c1cc(C)c(-c2cc(C([2H])(C)C)c(C([2H])(C)C)c[n+]2C)cc1-c1ccccc1.[2H]C([2H])([2H])c1cc(C)c(-c2cc(C([2H])(C)C)c(C([2H])([2H])[2H])c[n+]2C)cc1-c1ccccc1. The Morgan fingerprint density at radius 2 is 0.608 bits per heavy atom. The van der Waals surface area contributed by atoms with Gasteiger partial charge in [-0.05, 0) is 179 Å². The van der Waals surface area contributed by atoms with Gasteiger partial charge in [0.05, 0.1) is 0 Å². The topological polar surface area (TPSA) is 11.6 Å². The third kappa shape index (κ3) is 13.6. The van der Waals surface area contributed by atoms with Crippen LogP contribution in [0.3, 0.4) is 0 Å². The Morgan fingerprint density at radius 3 is 0.962 bits per heavy atom. The van der Waals surface area contributed by atoms with Gasteiger partial charge < -0.3 is 0 Å². The molecule has 79 heavy (non-hydrogen) atoms. The van der Waals surface area contributed by atoms with Crippen molar-refractivity contribution in [3.63, 3.8) is 0 Å². The molecule has 6 aromatic carbocycles. The molecule has 0 N–H and O–H groups in total. The molecule has 3 aromatic heterocycles. The van der Waals surface area contributed by atoms with E-state index in [2.05, 4.69) is 108 Å². The minimum Gasteiger partial charge on any atom is -0.201 e. The van der Waals surface area contributed by atoms with Gasteiger partial charge in [0, 0.05) is 68.0 Å². The van der Waals surface area contributed by atoms with Crippen LogP contribution < -0.4 is 13.7 Å². The van der Waals surface area contributed by atoms with E-state index in [-0.39, 0.29) is 11.1 Å². The molecule has 9 rings (SSSR count). The van der Waals surface area contributed by atoms with E-state index in [4.69, 9.17) is 16.4 Å². The summed E-state index contributed by atoms with van der Waals surface area (Å²) >= 11 is 0. The fourth-order valence-corrected chi connectivity index (χ4v) is 10.7. The first-order valence-electron chi connectivity index (χ1n) is 33.7. The second-order valence-electron chi connectivity index (χ2n) is 22.7. The number of benzene rings is 6. The number of nitrogens with zero attached hydrogens (tertiary/aromatic N) is 3. The number of rotatable bonds is 11. The molecule has 3 heterocycles. The Kier molecular flexibility index (Phi) is 14.5. The van der Waals surface area contributed by atoms with Crippen LogP contribution in [0.2, 0.25) is 0 Å². The van der Waals surface area contributed by atoms with Gasteiger partial charge in [0.25, 0.3) is 0 Å². The zero-order chi connectivity index (χ0) is 67.8. The molecule has 9 aromatic rings. The average Bonchev–Trinajstić information content (AvgIpc) is 0.787. The van der Waals surface area contributed by atoms with Crippen LogP contribution in [-0.2, 0) is 21.1 Å². The lowest BCUT2D eigenvalue weighted by Crippen LogP contribution is -2.32. The normalized spacial score (nSPS) is 14.5. The Labute approximate surface area is 494 Å². The number of hydrogen-bond donors (Lipinski definition) is 0. The average molecular weight is 1060 g/mol. The van der Waals surface area contributed by atoms with Crippen molar-refractivity contribution in [3.8, 4) is 67.2 Å². The van der Waals surface area contributed by atoms with Crippen molar-refractivity contribution in [2.24, 2.45) is 21.1 Å². The van der Waals surface area contributed by atoms with E-state index in [1.807, 2.05) is 138 Å². The van der Waals surface area contributed by atoms with E-state index in [1.54, 1.807) is 49.9 Å². The maximum atomic E-state index is 8.70. The fraction of sp³-hybridized carbons (Fsp3) is 0.329.